The Kier molecular flexibility index (Phi) is 4.01. The van der Waals surface area contributed by atoms with Crippen LogP contribution in [0.2, 0.25) is 0 Å². The highest BCUT2D eigenvalue weighted by Gasteiger charge is 2.29. The number of nitrogens with one attached hydrogen (secondary N) is 1. The summed E-state index contributed by atoms with van der Waals surface area (Å²) in [6.07, 6.45) is 5.22. The second-order valence-electron chi connectivity index (χ2n) is 7.03. The summed E-state index contributed by atoms with van der Waals surface area (Å²) < 4.78 is 11.4. The molecule has 0 aliphatic carbocycles. The van der Waals surface area contributed by atoms with Gasteiger partial charge in [0.25, 0.3) is 5.91 Å². The molecule has 2 aliphatic heterocycles. The molecule has 4 heterocycles. The van der Waals surface area contributed by atoms with Gasteiger partial charge in [0, 0.05) is 36.9 Å². The number of hydrogen-bond acceptors (Lipinski definition) is 5. The number of oxazole rings is 1. The molecule has 0 radical (unpaired) electrons. The lowest BCUT2D eigenvalue weighted by atomic mass is 10.0. The van der Waals surface area contributed by atoms with Gasteiger partial charge in [-0.3, -0.25) is 9.89 Å². The van der Waals surface area contributed by atoms with Gasteiger partial charge in [-0.25, -0.2) is 4.98 Å². The molecule has 1 amide bonds. The standard InChI is InChI=1S/C20H20N4O3/c25-20(14-3-1-2-13(8-14)16-9-21-22-10-16)24-6-4-18-17(11-24)23-19(27-18)15-5-7-26-12-15/h1-3,8-10,15H,4-7,11-12H2,(H,21,22). The molecule has 27 heavy (non-hydrogen) atoms. The minimum atomic E-state index is 0.0137. The summed E-state index contributed by atoms with van der Waals surface area (Å²) in [6, 6.07) is 7.64. The van der Waals surface area contributed by atoms with E-state index in [2.05, 4.69) is 15.2 Å². The molecule has 0 bridgehead atoms. The van der Waals surface area contributed by atoms with Crippen molar-refractivity contribution in [1.29, 1.82) is 0 Å². The Bertz CT molecular complexity index is 958. The molecule has 1 unspecified atom stereocenters. The highest BCUT2D eigenvalue weighted by atomic mass is 16.5. The van der Waals surface area contributed by atoms with E-state index < -0.39 is 0 Å². The van der Waals surface area contributed by atoms with Crippen LogP contribution in [0.3, 0.4) is 0 Å². The van der Waals surface area contributed by atoms with Crippen molar-refractivity contribution in [3.8, 4) is 11.1 Å². The number of nitrogens with zero attached hydrogens (tertiary/aromatic N) is 3. The van der Waals surface area contributed by atoms with Gasteiger partial charge >= 0.3 is 0 Å². The quantitative estimate of drug-likeness (QED) is 0.772. The van der Waals surface area contributed by atoms with Crippen LogP contribution >= 0.6 is 0 Å². The fourth-order valence-corrected chi connectivity index (χ4v) is 3.72. The van der Waals surface area contributed by atoms with Crippen LogP contribution in [0.15, 0.2) is 41.1 Å². The monoisotopic (exact) mass is 364 g/mol. The van der Waals surface area contributed by atoms with Crippen LogP contribution in [0.25, 0.3) is 11.1 Å². The van der Waals surface area contributed by atoms with Crippen molar-refractivity contribution in [2.75, 3.05) is 19.8 Å². The number of carbonyl (C=O) groups excluding carboxylic acids is 1. The molecule has 2 aromatic heterocycles. The van der Waals surface area contributed by atoms with E-state index in [1.165, 1.54) is 0 Å². The average molecular weight is 364 g/mol. The number of ether oxygens (including phenoxy) is 1. The fraction of sp³-hybridized carbons (Fsp3) is 0.350. The third-order valence-electron chi connectivity index (χ3n) is 5.25. The second-order valence-corrected chi connectivity index (χ2v) is 7.03. The molecule has 1 saturated heterocycles. The predicted molar refractivity (Wildman–Crippen MR) is 97.1 cm³/mol. The van der Waals surface area contributed by atoms with Gasteiger partial charge in [0.2, 0.25) is 0 Å². The fourth-order valence-electron chi connectivity index (χ4n) is 3.72. The lowest BCUT2D eigenvalue weighted by molar-refractivity contribution is 0.0728. The maximum absolute atomic E-state index is 13.0. The molecule has 7 heteroatoms. The van der Waals surface area contributed by atoms with Crippen molar-refractivity contribution in [2.45, 2.75) is 25.3 Å². The molecule has 3 aromatic rings. The van der Waals surface area contributed by atoms with E-state index in [1.807, 2.05) is 35.4 Å². The van der Waals surface area contributed by atoms with Crippen LogP contribution in [-0.4, -0.2) is 45.7 Å². The second kappa shape index (κ2) is 6.66. The summed E-state index contributed by atoms with van der Waals surface area (Å²) in [4.78, 5) is 19.5. The third kappa shape index (κ3) is 3.04. The van der Waals surface area contributed by atoms with Gasteiger partial charge in [-0.15, -0.1) is 0 Å². The summed E-state index contributed by atoms with van der Waals surface area (Å²) >= 11 is 0. The van der Waals surface area contributed by atoms with Gasteiger partial charge in [-0.1, -0.05) is 12.1 Å². The number of fused-ring (bicyclic) bond motifs is 1. The van der Waals surface area contributed by atoms with Crippen LogP contribution in [0.1, 0.15) is 40.0 Å². The Morgan fingerprint density at radius 3 is 3.07 bits per heavy atom. The largest absolute Gasteiger partial charge is 0.445 e. The molecule has 0 spiro atoms. The summed E-state index contributed by atoms with van der Waals surface area (Å²) in [5.74, 6) is 1.92. The minimum absolute atomic E-state index is 0.0137. The molecule has 5 rings (SSSR count). The van der Waals surface area contributed by atoms with E-state index in [0.29, 0.717) is 31.7 Å². The lowest BCUT2D eigenvalue weighted by Gasteiger charge is -2.25. The molecule has 138 valence electrons. The molecular weight excluding hydrogens is 344 g/mol. The number of aromatic amines is 1. The maximum Gasteiger partial charge on any atom is 0.254 e. The van der Waals surface area contributed by atoms with E-state index >= 15 is 0 Å². The highest BCUT2D eigenvalue weighted by Crippen LogP contribution is 2.29. The van der Waals surface area contributed by atoms with Crippen molar-refractivity contribution < 1.29 is 13.9 Å². The number of H-pyrrole nitrogens is 1. The SMILES string of the molecule is O=C(c1cccc(-c2cn[nH]c2)c1)N1CCc2oc(C3CCOC3)nc2C1. The third-order valence-corrected chi connectivity index (χ3v) is 5.25. The number of amides is 1. The predicted octanol–water partition coefficient (Wildman–Crippen LogP) is 2.77. The van der Waals surface area contributed by atoms with Crippen LogP contribution in [-0.2, 0) is 17.7 Å². The summed E-state index contributed by atoms with van der Waals surface area (Å²) in [5.41, 5.74) is 3.48. The Morgan fingerprint density at radius 2 is 2.26 bits per heavy atom. The number of benzene rings is 1. The number of hydrogen-bond donors (Lipinski definition) is 1. The first kappa shape index (κ1) is 16.3. The molecular formula is C20H20N4O3. The van der Waals surface area contributed by atoms with E-state index in [-0.39, 0.29) is 11.8 Å². The van der Waals surface area contributed by atoms with Gasteiger partial charge in [-0.2, -0.15) is 5.10 Å². The van der Waals surface area contributed by atoms with Gasteiger partial charge in [-0.05, 0) is 24.1 Å². The highest BCUT2D eigenvalue weighted by molar-refractivity contribution is 5.95. The Labute approximate surface area is 156 Å². The van der Waals surface area contributed by atoms with Crippen LogP contribution < -0.4 is 0 Å². The van der Waals surface area contributed by atoms with Crippen molar-refractivity contribution >= 4 is 5.91 Å². The van der Waals surface area contributed by atoms with Crippen LogP contribution in [0.4, 0.5) is 0 Å². The molecule has 1 aromatic carbocycles. The summed E-state index contributed by atoms with van der Waals surface area (Å²) in [5, 5.41) is 6.78. The van der Waals surface area contributed by atoms with Crippen LogP contribution in [0, 0.1) is 0 Å². The number of aromatic nitrogens is 3. The summed E-state index contributed by atoms with van der Waals surface area (Å²) in [6.45, 7) is 2.55. The molecule has 1 N–H and O–H groups in total. The Morgan fingerprint density at radius 1 is 1.30 bits per heavy atom. The maximum atomic E-state index is 13.0. The first-order valence-corrected chi connectivity index (χ1v) is 9.22. The van der Waals surface area contributed by atoms with Gasteiger partial charge in [0.15, 0.2) is 5.89 Å². The Hall–Kier alpha value is -2.93. The molecule has 1 fully saturated rings. The molecule has 7 nitrogen and oxygen atoms in total. The van der Waals surface area contributed by atoms with E-state index in [9.17, 15) is 4.79 Å². The van der Waals surface area contributed by atoms with E-state index in [1.54, 1.807) is 6.20 Å². The first-order valence-electron chi connectivity index (χ1n) is 9.22. The van der Waals surface area contributed by atoms with Gasteiger partial charge in [0.05, 0.1) is 25.3 Å². The molecule has 0 saturated carbocycles. The Balaban J connectivity index is 1.35. The van der Waals surface area contributed by atoms with Crippen molar-refractivity contribution in [3.05, 3.63) is 59.6 Å². The van der Waals surface area contributed by atoms with Gasteiger partial charge < -0.3 is 14.1 Å². The average Bonchev–Trinajstić information content (AvgIpc) is 3.48. The number of rotatable bonds is 3. The van der Waals surface area contributed by atoms with Crippen LogP contribution in [0.5, 0.6) is 0 Å². The van der Waals surface area contributed by atoms with Crippen molar-refractivity contribution in [2.24, 2.45) is 0 Å². The van der Waals surface area contributed by atoms with Crippen molar-refractivity contribution in [1.82, 2.24) is 20.1 Å². The first-order chi connectivity index (χ1) is 13.3. The zero-order valence-corrected chi connectivity index (χ0v) is 14.9. The van der Waals surface area contributed by atoms with Gasteiger partial charge in [0.1, 0.15) is 11.5 Å². The smallest absolute Gasteiger partial charge is 0.254 e. The number of carbonyl (C=O) groups is 1. The normalized spacial score (nSPS) is 19.3. The summed E-state index contributed by atoms with van der Waals surface area (Å²) in [7, 11) is 0. The minimum Gasteiger partial charge on any atom is -0.445 e. The van der Waals surface area contributed by atoms with E-state index in [4.69, 9.17) is 9.15 Å². The lowest BCUT2D eigenvalue weighted by Crippen LogP contribution is -2.35. The van der Waals surface area contributed by atoms with Crippen molar-refractivity contribution in [3.63, 3.8) is 0 Å². The van der Waals surface area contributed by atoms with E-state index in [0.717, 1.165) is 41.5 Å². The molecule has 1 atom stereocenters. The zero-order chi connectivity index (χ0) is 18.2. The topological polar surface area (TPSA) is 84.2 Å². The molecule has 2 aliphatic rings. The zero-order valence-electron chi connectivity index (χ0n) is 14.9.